The molecule has 0 spiro atoms. The molecule has 98 valence electrons. The maximum atomic E-state index is 11.4. The van der Waals surface area contributed by atoms with Gasteiger partial charge < -0.3 is 9.47 Å². The van der Waals surface area contributed by atoms with Gasteiger partial charge >= 0.3 is 6.16 Å². The van der Waals surface area contributed by atoms with Crippen molar-refractivity contribution >= 4 is 28.7 Å². The first-order valence-electron chi connectivity index (χ1n) is 6.50. The first kappa shape index (κ1) is 13.4. The molecule has 4 heteroatoms. The third kappa shape index (κ3) is 3.26. The monoisotopic (exact) mass is 352 g/mol. The van der Waals surface area contributed by atoms with E-state index >= 15 is 0 Å². The Kier molecular flexibility index (Phi) is 4.55. The number of carbonyl (C=O) groups is 1. The van der Waals surface area contributed by atoms with E-state index in [1.165, 1.54) is 37.2 Å². The van der Waals surface area contributed by atoms with E-state index in [0.29, 0.717) is 0 Å². The van der Waals surface area contributed by atoms with Crippen molar-refractivity contribution < 1.29 is 14.3 Å². The lowest BCUT2D eigenvalue weighted by molar-refractivity contribution is -0.0953. The fourth-order valence-corrected chi connectivity index (χ4v) is 4.52. The van der Waals surface area contributed by atoms with Gasteiger partial charge in [-0.2, -0.15) is 0 Å². The maximum absolute atomic E-state index is 11.4. The van der Waals surface area contributed by atoms with Gasteiger partial charge in [-0.1, -0.05) is 29.0 Å². The van der Waals surface area contributed by atoms with Gasteiger partial charge in [-0.15, -0.1) is 0 Å². The highest BCUT2D eigenvalue weighted by atomic mass is 127. The first-order valence-corrected chi connectivity index (χ1v) is 8.03. The molecule has 0 N–H and O–H groups in total. The number of halogens is 1. The molecule has 2 aliphatic rings. The van der Waals surface area contributed by atoms with Crippen molar-refractivity contribution in [3.63, 3.8) is 0 Å². The van der Waals surface area contributed by atoms with Crippen LogP contribution in [0.2, 0.25) is 0 Å². The molecule has 2 saturated carbocycles. The lowest BCUT2D eigenvalue weighted by atomic mass is 9.64. The highest BCUT2D eigenvalue weighted by molar-refractivity contribution is 14.1. The van der Waals surface area contributed by atoms with Gasteiger partial charge in [-0.3, -0.25) is 0 Å². The van der Waals surface area contributed by atoms with E-state index in [1.54, 1.807) is 0 Å². The van der Waals surface area contributed by atoms with Crippen molar-refractivity contribution in [1.82, 2.24) is 0 Å². The standard InChI is InChI=1S/C13H21IO3/c1-16-12(15)17-13-5-2-3-10(8-13)7-11(9-13)4-6-14/h10-11H,2-9H2,1H3. The molecule has 0 radical (unpaired) electrons. The van der Waals surface area contributed by atoms with Crippen LogP contribution in [0, 0.1) is 11.8 Å². The molecule has 2 fully saturated rings. The quantitative estimate of drug-likeness (QED) is 0.439. The van der Waals surface area contributed by atoms with Crippen LogP contribution >= 0.6 is 22.6 Å². The normalized spacial score (nSPS) is 36.4. The third-order valence-corrected chi connectivity index (χ3v) is 4.84. The van der Waals surface area contributed by atoms with Gasteiger partial charge in [0.2, 0.25) is 0 Å². The highest BCUT2D eigenvalue weighted by Crippen LogP contribution is 2.48. The summed E-state index contributed by atoms with van der Waals surface area (Å²) in [6.07, 6.45) is 7.71. The Morgan fingerprint density at radius 2 is 2.29 bits per heavy atom. The summed E-state index contributed by atoms with van der Waals surface area (Å²) in [6.45, 7) is 0. The molecule has 3 unspecified atom stereocenters. The van der Waals surface area contributed by atoms with Crippen molar-refractivity contribution in [3.05, 3.63) is 0 Å². The molecule has 3 atom stereocenters. The molecule has 0 aromatic heterocycles. The summed E-state index contributed by atoms with van der Waals surface area (Å²) >= 11 is 2.44. The average molecular weight is 352 g/mol. The SMILES string of the molecule is COC(=O)OC12CCCC(CC(CCI)C1)C2. The molecule has 17 heavy (non-hydrogen) atoms. The number of hydrogen-bond donors (Lipinski definition) is 0. The summed E-state index contributed by atoms with van der Waals surface area (Å²) in [4.78, 5) is 11.4. The van der Waals surface area contributed by atoms with Gasteiger partial charge in [-0.25, -0.2) is 4.79 Å². The number of alkyl halides is 1. The largest absolute Gasteiger partial charge is 0.508 e. The van der Waals surface area contributed by atoms with E-state index in [0.717, 1.165) is 31.1 Å². The molecular formula is C13H21IO3. The summed E-state index contributed by atoms with van der Waals surface area (Å²) in [7, 11) is 1.39. The van der Waals surface area contributed by atoms with Gasteiger partial charge in [-0.05, 0) is 54.8 Å². The van der Waals surface area contributed by atoms with Gasteiger partial charge in [0.1, 0.15) is 5.60 Å². The van der Waals surface area contributed by atoms with Crippen LogP contribution in [0.4, 0.5) is 4.79 Å². The lowest BCUT2D eigenvalue weighted by Crippen LogP contribution is -2.46. The van der Waals surface area contributed by atoms with Crippen molar-refractivity contribution in [2.75, 3.05) is 11.5 Å². The van der Waals surface area contributed by atoms with Crippen LogP contribution in [0.3, 0.4) is 0 Å². The van der Waals surface area contributed by atoms with E-state index in [4.69, 9.17) is 4.74 Å². The highest BCUT2D eigenvalue weighted by Gasteiger charge is 2.45. The first-order chi connectivity index (χ1) is 8.17. The average Bonchev–Trinajstić information content (AvgIpc) is 2.28. The second-order valence-electron chi connectivity index (χ2n) is 5.49. The predicted molar refractivity (Wildman–Crippen MR) is 74.4 cm³/mol. The Morgan fingerprint density at radius 1 is 1.47 bits per heavy atom. The number of ether oxygens (including phenoxy) is 2. The predicted octanol–water partition coefficient (Wildman–Crippen LogP) is 3.93. The summed E-state index contributed by atoms with van der Waals surface area (Å²) in [5, 5.41) is 0. The summed E-state index contributed by atoms with van der Waals surface area (Å²) in [5.41, 5.74) is -0.204. The molecule has 0 aromatic carbocycles. The molecule has 0 aromatic rings. The minimum absolute atomic E-state index is 0.204. The molecule has 0 aliphatic heterocycles. The number of fused-ring (bicyclic) bond motifs is 2. The Hall–Kier alpha value is 0. The van der Waals surface area contributed by atoms with E-state index in [9.17, 15) is 4.79 Å². The molecule has 2 rings (SSSR count). The molecule has 2 bridgehead atoms. The zero-order valence-corrected chi connectivity index (χ0v) is 12.6. The number of methoxy groups -OCH3 is 1. The fraction of sp³-hybridized carbons (Fsp3) is 0.923. The Balaban J connectivity index is 2.04. The van der Waals surface area contributed by atoms with Crippen LogP contribution in [0.15, 0.2) is 0 Å². The zero-order valence-electron chi connectivity index (χ0n) is 10.4. The summed E-state index contributed by atoms with van der Waals surface area (Å²) in [5.74, 6) is 1.49. The maximum Gasteiger partial charge on any atom is 0.508 e. The molecule has 0 saturated heterocycles. The Bertz CT molecular complexity index is 282. The summed E-state index contributed by atoms with van der Waals surface area (Å²) in [6, 6.07) is 0. The van der Waals surface area contributed by atoms with Crippen LogP contribution < -0.4 is 0 Å². The van der Waals surface area contributed by atoms with Crippen LogP contribution in [0.5, 0.6) is 0 Å². The minimum Gasteiger partial charge on any atom is -0.438 e. The van der Waals surface area contributed by atoms with Crippen LogP contribution in [0.25, 0.3) is 0 Å². The molecular weight excluding hydrogens is 331 g/mol. The number of hydrogen-bond acceptors (Lipinski definition) is 3. The lowest BCUT2D eigenvalue weighted by Gasteiger charge is -2.47. The van der Waals surface area contributed by atoms with Gasteiger partial charge in [0.05, 0.1) is 7.11 Å². The fourth-order valence-electron chi connectivity index (χ4n) is 3.64. The van der Waals surface area contributed by atoms with Gasteiger partial charge in [0, 0.05) is 0 Å². The van der Waals surface area contributed by atoms with E-state index < -0.39 is 6.16 Å². The third-order valence-electron chi connectivity index (χ3n) is 4.22. The van der Waals surface area contributed by atoms with Crippen LogP contribution in [-0.2, 0) is 9.47 Å². The van der Waals surface area contributed by atoms with Crippen molar-refractivity contribution in [1.29, 1.82) is 0 Å². The molecule has 0 amide bonds. The Morgan fingerprint density at radius 3 is 3.00 bits per heavy atom. The van der Waals surface area contributed by atoms with Crippen LogP contribution in [-0.4, -0.2) is 23.3 Å². The minimum atomic E-state index is -0.499. The van der Waals surface area contributed by atoms with Gasteiger partial charge in [0.15, 0.2) is 0 Å². The van der Waals surface area contributed by atoms with E-state index in [1.807, 2.05) is 0 Å². The van der Waals surface area contributed by atoms with Crippen molar-refractivity contribution in [3.8, 4) is 0 Å². The molecule has 2 aliphatic carbocycles. The van der Waals surface area contributed by atoms with Crippen LogP contribution in [0.1, 0.15) is 44.9 Å². The smallest absolute Gasteiger partial charge is 0.438 e. The van der Waals surface area contributed by atoms with Crippen molar-refractivity contribution in [2.24, 2.45) is 11.8 Å². The van der Waals surface area contributed by atoms with Crippen molar-refractivity contribution in [2.45, 2.75) is 50.5 Å². The topological polar surface area (TPSA) is 35.5 Å². The zero-order chi connectivity index (χ0) is 12.3. The number of rotatable bonds is 3. The summed E-state index contributed by atoms with van der Waals surface area (Å²) < 4.78 is 11.5. The second kappa shape index (κ2) is 5.76. The Labute approximate surface area is 117 Å². The van der Waals surface area contributed by atoms with Gasteiger partial charge in [0.25, 0.3) is 0 Å². The van der Waals surface area contributed by atoms with E-state index in [2.05, 4.69) is 27.3 Å². The molecule has 0 heterocycles. The molecule has 3 nitrogen and oxygen atoms in total. The van der Waals surface area contributed by atoms with E-state index in [-0.39, 0.29) is 5.60 Å². The second-order valence-corrected chi connectivity index (χ2v) is 6.56. The number of carbonyl (C=O) groups excluding carboxylic acids is 1.